The average Bonchev–Trinajstić information content (AvgIpc) is 2.53. The van der Waals surface area contributed by atoms with Gasteiger partial charge in [-0.2, -0.15) is 0 Å². The lowest BCUT2D eigenvalue weighted by Crippen LogP contribution is -2.12. The third-order valence-corrected chi connectivity index (χ3v) is 3.67. The maximum atomic E-state index is 4.40. The van der Waals surface area contributed by atoms with Crippen molar-refractivity contribution in [2.24, 2.45) is 0 Å². The molecule has 5 nitrogen and oxygen atoms in total. The molecule has 0 aromatic carbocycles. The molecule has 0 aliphatic heterocycles. The van der Waals surface area contributed by atoms with Gasteiger partial charge in [-0.15, -0.1) is 0 Å². The SMILES string of the molecule is CNc1cc(CNc2ncnc3c2CCCC3)ccn1. The molecule has 0 saturated carbocycles. The van der Waals surface area contributed by atoms with Gasteiger partial charge in [0, 0.05) is 31.0 Å². The first kappa shape index (κ1) is 12.8. The number of hydrogen-bond acceptors (Lipinski definition) is 5. The predicted octanol–water partition coefficient (Wildman–Crippen LogP) is 2.40. The maximum Gasteiger partial charge on any atom is 0.133 e. The van der Waals surface area contributed by atoms with Crippen molar-refractivity contribution in [1.82, 2.24) is 15.0 Å². The summed E-state index contributed by atoms with van der Waals surface area (Å²) in [4.78, 5) is 13.0. The Morgan fingerprint density at radius 2 is 2.05 bits per heavy atom. The molecule has 0 saturated heterocycles. The Hall–Kier alpha value is -2.17. The van der Waals surface area contributed by atoms with Crippen molar-refractivity contribution in [3.8, 4) is 0 Å². The lowest BCUT2D eigenvalue weighted by molar-refractivity contribution is 0.663. The fourth-order valence-electron chi connectivity index (χ4n) is 2.58. The Kier molecular flexibility index (Phi) is 3.76. The lowest BCUT2D eigenvalue weighted by atomic mass is 9.96. The van der Waals surface area contributed by atoms with Crippen molar-refractivity contribution in [2.45, 2.75) is 32.2 Å². The molecule has 3 rings (SSSR count). The third kappa shape index (κ3) is 2.71. The fraction of sp³-hybridized carbons (Fsp3) is 0.400. The van der Waals surface area contributed by atoms with E-state index in [-0.39, 0.29) is 0 Å². The van der Waals surface area contributed by atoms with Gasteiger partial charge in [0.1, 0.15) is 18.0 Å². The fourth-order valence-corrected chi connectivity index (χ4v) is 2.58. The predicted molar refractivity (Wildman–Crippen MR) is 79.8 cm³/mol. The zero-order valence-electron chi connectivity index (χ0n) is 11.7. The number of aryl methyl sites for hydroxylation is 1. The summed E-state index contributed by atoms with van der Waals surface area (Å²) in [6, 6.07) is 4.06. The summed E-state index contributed by atoms with van der Waals surface area (Å²) >= 11 is 0. The van der Waals surface area contributed by atoms with Gasteiger partial charge in [0.15, 0.2) is 0 Å². The summed E-state index contributed by atoms with van der Waals surface area (Å²) in [6.07, 6.45) is 8.10. The molecule has 0 radical (unpaired) electrons. The second-order valence-corrected chi connectivity index (χ2v) is 5.01. The highest BCUT2D eigenvalue weighted by Crippen LogP contribution is 2.24. The molecule has 0 amide bonds. The number of hydrogen-bond donors (Lipinski definition) is 2. The minimum atomic E-state index is 0.751. The van der Waals surface area contributed by atoms with Crippen LogP contribution in [0.1, 0.15) is 29.7 Å². The first-order valence-electron chi connectivity index (χ1n) is 7.06. The maximum absolute atomic E-state index is 4.40. The number of aromatic nitrogens is 3. The molecule has 1 aliphatic rings. The molecule has 2 N–H and O–H groups in total. The quantitative estimate of drug-likeness (QED) is 0.892. The number of rotatable bonds is 4. The zero-order chi connectivity index (χ0) is 13.8. The van der Waals surface area contributed by atoms with E-state index in [0.717, 1.165) is 31.0 Å². The highest BCUT2D eigenvalue weighted by molar-refractivity contribution is 5.48. The van der Waals surface area contributed by atoms with Gasteiger partial charge in [-0.1, -0.05) is 0 Å². The number of nitrogens with one attached hydrogen (secondary N) is 2. The van der Waals surface area contributed by atoms with Gasteiger partial charge in [-0.25, -0.2) is 15.0 Å². The van der Waals surface area contributed by atoms with Crippen molar-refractivity contribution in [3.63, 3.8) is 0 Å². The van der Waals surface area contributed by atoms with Crippen molar-refractivity contribution in [1.29, 1.82) is 0 Å². The van der Waals surface area contributed by atoms with Crippen LogP contribution in [0.15, 0.2) is 24.7 Å². The molecular formula is C15H19N5. The second-order valence-electron chi connectivity index (χ2n) is 5.01. The standard InChI is InChI=1S/C15H19N5/c1-16-14-8-11(6-7-17-14)9-18-15-12-4-2-3-5-13(12)19-10-20-15/h6-8,10H,2-5,9H2,1H3,(H,16,17)(H,18,19,20). The minimum Gasteiger partial charge on any atom is -0.373 e. The topological polar surface area (TPSA) is 62.7 Å². The largest absolute Gasteiger partial charge is 0.373 e. The summed E-state index contributed by atoms with van der Waals surface area (Å²) in [5, 5.41) is 6.48. The number of nitrogens with zero attached hydrogens (tertiary/aromatic N) is 3. The van der Waals surface area contributed by atoms with Crippen LogP contribution in [0.4, 0.5) is 11.6 Å². The molecule has 0 unspecified atom stereocenters. The molecule has 2 heterocycles. The third-order valence-electron chi connectivity index (χ3n) is 3.67. The Bertz CT molecular complexity index is 597. The van der Waals surface area contributed by atoms with E-state index < -0.39 is 0 Å². The first-order chi connectivity index (χ1) is 9.86. The van der Waals surface area contributed by atoms with Crippen LogP contribution in [0.2, 0.25) is 0 Å². The van der Waals surface area contributed by atoms with Crippen molar-refractivity contribution < 1.29 is 0 Å². The zero-order valence-corrected chi connectivity index (χ0v) is 11.7. The summed E-state index contributed by atoms with van der Waals surface area (Å²) in [6.45, 7) is 0.751. The Labute approximate surface area is 118 Å². The molecule has 0 atom stereocenters. The molecule has 20 heavy (non-hydrogen) atoms. The average molecular weight is 269 g/mol. The van der Waals surface area contributed by atoms with Crippen LogP contribution >= 0.6 is 0 Å². The first-order valence-corrected chi connectivity index (χ1v) is 7.06. The van der Waals surface area contributed by atoms with Crippen LogP contribution in [0.3, 0.4) is 0 Å². The molecule has 0 spiro atoms. The van der Waals surface area contributed by atoms with Gasteiger partial charge < -0.3 is 10.6 Å². The smallest absolute Gasteiger partial charge is 0.133 e. The molecule has 1 aliphatic carbocycles. The van der Waals surface area contributed by atoms with Gasteiger partial charge in [0.2, 0.25) is 0 Å². The van der Waals surface area contributed by atoms with Crippen LogP contribution in [-0.4, -0.2) is 22.0 Å². The summed E-state index contributed by atoms with van der Waals surface area (Å²) in [7, 11) is 1.88. The van der Waals surface area contributed by atoms with Gasteiger partial charge in [0.05, 0.1) is 0 Å². The molecule has 0 fully saturated rings. The summed E-state index contributed by atoms with van der Waals surface area (Å²) in [5.74, 6) is 1.87. The Morgan fingerprint density at radius 1 is 1.15 bits per heavy atom. The summed E-state index contributed by atoms with van der Waals surface area (Å²) < 4.78 is 0. The van der Waals surface area contributed by atoms with Gasteiger partial charge >= 0.3 is 0 Å². The number of anilines is 2. The molecule has 2 aromatic heterocycles. The van der Waals surface area contributed by atoms with E-state index in [0.29, 0.717) is 0 Å². The van der Waals surface area contributed by atoms with Crippen LogP contribution in [0.25, 0.3) is 0 Å². The van der Waals surface area contributed by atoms with E-state index in [2.05, 4.69) is 25.6 Å². The van der Waals surface area contributed by atoms with Gasteiger partial charge in [-0.3, -0.25) is 0 Å². The van der Waals surface area contributed by atoms with Crippen LogP contribution in [0.5, 0.6) is 0 Å². The van der Waals surface area contributed by atoms with Gasteiger partial charge in [-0.05, 0) is 43.4 Å². The van der Waals surface area contributed by atoms with E-state index in [1.54, 1.807) is 6.33 Å². The second kappa shape index (κ2) is 5.86. The van der Waals surface area contributed by atoms with E-state index in [1.807, 2.05) is 25.4 Å². The van der Waals surface area contributed by atoms with Crippen molar-refractivity contribution in [2.75, 3.05) is 17.7 Å². The molecule has 0 bridgehead atoms. The van der Waals surface area contributed by atoms with E-state index in [4.69, 9.17) is 0 Å². The monoisotopic (exact) mass is 269 g/mol. The normalized spacial score (nSPS) is 13.7. The summed E-state index contributed by atoms with van der Waals surface area (Å²) in [5.41, 5.74) is 3.69. The van der Waals surface area contributed by atoms with E-state index in [9.17, 15) is 0 Å². The van der Waals surface area contributed by atoms with Crippen molar-refractivity contribution in [3.05, 3.63) is 41.5 Å². The van der Waals surface area contributed by atoms with Crippen LogP contribution in [-0.2, 0) is 19.4 Å². The highest BCUT2D eigenvalue weighted by Gasteiger charge is 2.15. The lowest BCUT2D eigenvalue weighted by Gasteiger charge is -2.18. The van der Waals surface area contributed by atoms with Crippen LogP contribution in [0, 0.1) is 0 Å². The molecular weight excluding hydrogens is 250 g/mol. The van der Waals surface area contributed by atoms with E-state index in [1.165, 1.54) is 29.7 Å². The Balaban J connectivity index is 1.75. The van der Waals surface area contributed by atoms with Gasteiger partial charge in [0.25, 0.3) is 0 Å². The van der Waals surface area contributed by atoms with E-state index >= 15 is 0 Å². The molecule has 2 aromatic rings. The number of fused-ring (bicyclic) bond motifs is 1. The highest BCUT2D eigenvalue weighted by atomic mass is 15.0. The minimum absolute atomic E-state index is 0.751. The Morgan fingerprint density at radius 3 is 2.95 bits per heavy atom. The molecule has 104 valence electrons. The van der Waals surface area contributed by atoms with Crippen LogP contribution < -0.4 is 10.6 Å². The number of pyridine rings is 1. The molecule has 5 heteroatoms. The van der Waals surface area contributed by atoms with Crippen molar-refractivity contribution >= 4 is 11.6 Å².